The van der Waals surface area contributed by atoms with E-state index in [0.29, 0.717) is 130 Å². The van der Waals surface area contributed by atoms with Gasteiger partial charge in [-0.1, -0.05) is 0 Å². The zero-order valence-electron chi connectivity index (χ0n) is 41.1. The zero-order chi connectivity index (χ0) is 50.7. The summed E-state index contributed by atoms with van der Waals surface area (Å²) in [6.45, 7) is 12.4. The first-order valence-corrected chi connectivity index (χ1v) is 24.8. The van der Waals surface area contributed by atoms with Crippen molar-refractivity contribution in [3.05, 3.63) is 105 Å². The lowest BCUT2D eigenvalue weighted by atomic mass is 10.0. The number of anilines is 2. The molecule has 2 aliphatic heterocycles. The van der Waals surface area contributed by atoms with Crippen molar-refractivity contribution in [2.75, 3.05) is 49.2 Å². The summed E-state index contributed by atoms with van der Waals surface area (Å²) in [5.41, 5.74) is 5.33. The van der Waals surface area contributed by atoms with Crippen LogP contribution in [0.5, 0.6) is 11.5 Å². The van der Waals surface area contributed by atoms with E-state index in [9.17, 15) is 28.8 Å². The Balaban J connectivity index is 0.699. The number of nitrogens with zero attached hydrogens (tertiary/aromatic N) is 4. The third-order valence-electron chi connectivity index (χ3n) is 12.6. The molecule has 0 radical (unpaired) electrons. The van der Waals surface area contributed by atoms with Crippen LogP contribution in [0, 0.1) is 0 Å². The lowest BCUT2D eigenvalue weighted by Gasteiger charge is -2.21. The molecule has 0 unspecified atom stereocenters. The maximum atomic E-state index is 13.0. The fourth-order valence-corrected chi connectivity index (χ4v) is 8.77. The Bertz CT molecular complexity index is 3100. The van der Waals surface area contributed by atoms with Crippen LogP contribution in [-0.2, 0) is 28.7 Å². The predicted molar refractivity (Wildman–Crippen MR) is 275 cm³/mol. The van der Waals surface area contributed by atoms with Crippen LogP contribution in [0.1, 0.15) is 91.9 Å². The highest BCUT2D eigenvalue weighted by Crippen LogP contribution is 2.35. The Morgan fingerprint density at radius 1 is 0.458 bits per heavy atom. The average molecular weight is 979 g/mol. The van der Waals surface area contributed by atoms with Gasteiger partial charge in [-0.2, -0.15) is 0 Å². The fraction of sp³-hybridized carbons (Fsp3) is 0.357. The van der Waals surface area contributed by atoms with Crippen molar-refractivity contribution < 1.29 is 47.0 Å². The minimum absolute atomic E-state index is 0.000712. The van der Waals surface area contributed by atoms with Gasteiger partial charge in [0.15, 0.2) is 33.5 Å². The lowest BCUT2D eigenvalue weighted by molar-refractivity contribution is -0.165. The second-order valence-corrected chi connectivity index (χ2v) is 17.4. The molecule has 0 atom stereocenters. The van der Waals surface area contributed by atoms with E-state index in [1.807, 2.05) is 36.4 Å². The second-order valence-electron chi connectivity index (χ2n) is 17.4. The highest BCUT2D eigenvalue weighted by molar-refractivity contribution is 5.99. The number of carbonyl (C=O) groups is 4. The molecule has 0 saturated carbocycles. The number of ether oxygens (including phenoxy) is 4. The van der Waals surface area contributed by atoms with E-state index in [1.54, 1.807) is 36.4 Å². The number of esters is 4. The van der Waals surface area contributed by atoms with Gasteiger partial charge in [-0.25, -0.2) is 9.97 Å². The number of aromatic nitrogens is 2. The van der Waals surface area contributed by atoms with Crippen LogP contribution < -0.4 is 30.1 Å². The number of unbranched alkanes of at least 4 members (excludes halogenated alkanes) is 4. The molecule has 72 heavy (non-hydrogen) atoms. The van der Waals surface area contributed by atoms with E-state index < -0.39 is 36.7 Å². The molecule has 2 heterocycles. The average Bonchev–Trinajstić information content (AvgIpc) is 3.37. The molecule has 4 aliphatic rings. The van der Waals surface area contributed by atoms with Crippen LogP contribution in [0.3, 0.4) is 0 Å². The van der Waals surface area contributed by atoms with Crippen molar-refractivity contribution in [2.24, 2.45) is 0 Å². The quantitative estimate of drug-likeness (QED) is 0.0193. The van der Waals surface area contributed by atoms with Gasteiger partial charge in [-0.05, 0) is 127 Å². The Morgan fingerprint density at radius 3 is 1.26 bits per heavy atom. The molecule has 0 bridgehead atoms. The van der Waals surface area contributed by atoms with Crippen molar-refractivity contribution in [1.29, 1.82) is 0 Å². The molecule has 0 fully saturated rings. The number of hydrogen-bond donors (Lipinski definition) is 0. The van der Waals surface area contributed by atoms with Gasteiger partial charge in [0.25, 0.3) is 0 Å². The predicted octanol–water partition coefficient (Wildman–Crippen LogP) is 10.4. The molecule has 0 amide bonds. The van der Waals surface area contributed by atoms with Crippen molar-refractivity contribution in [1.82, 2.24) is 9.97 Å². The lowest BCUT2D eigenvalue weighted by Crippen LogP contribution is -2.21. The summed E-state index contributed by atoms with van der Waals surface area (Å²) in [6, 6.07) is 25.1. The van der Waals surface area contributed by atoms with Gasteiger partial charge in [0.1, 0.15) is 33.9 Å². The standard InChI is InChI=1S/C56H58N4O12/c1-5-59(6-2)35-17-23-43-47(29-35)69-49-33-45(61)39-21-19-37(31-41(39)55(49)57-43)67-27-13-9-11-15-51(63)71-53(65)25-26-54(66)72-52(64)16-12-10-14-28-68-38-20-22-40-42(32-38)56-50(34-46(40)62)70-48-30-36(60(7-3)8-4)18-24-44(48)58-56/h17-24,29-34H,5-16,25-28H2,1-4H3. The smallest absolute Gasteiger partial charge is 0.314 e. The van der Waals surface area contributed by atoms with E-state index in [1.165, 1.54) is 12.1 Å². The summed E-state index contributed by atoms with van der Waals surface area (Å²) in [5, 5.41) is 2.26. The Kier molecular flexibility index (Phi) is 16.4. The fourth-order valence-electron chi connectivity index (χ4n) is 8.77. The van der Waals surface area contributed by atoms with Gasteiger partial charge < -0.3 is 37.6 Å². The zero-order valence-corrected chi connectivity index (χ0v) is 41.1. The Hall–Kier alpha value is -7.88. The summed E-state index contributed by atoms with van der Waals surface area (Å²) in [7, 11) is 0. The summed E-state index contributed by atoms with van der Waals surface area (Å²) in [4.78, 5) is 89.2. The van der Waals surface area contributed by atoms with Gasteiger partial charge in [0, 0.05) is 96.2 Å². The molecule has 374 valence electrons. The summed E-state index contributed by atoms with van der Waals surface area (Å²) in [5.74, 6) is -1.28. The Labute approximate surface area is 415 Å². The molecule has 4 aromatic rings. The van der Waals surface area contributed by atoms with Gasteiger partial charge in [-0.3, -0.25) is 28.8 Å². The first kappa shape index (κ1) is 50.5. The third kappa shape index (κ3) is 12.0. The SMILES string of the molecule is CCN(CC)c1ccc2nc3c4cc(OCCCCCC(=O)OC(=O)CCC(=O)OC(=O)CCCCCOc5ccc6c(=O)cc7oc8cc(N(CC)CC)ccc8nc-7c6c5)ccc4c(=O)cc-3oc2c1. The number of rotatable bonds is 23. The van der Waals surface area contributed by atoms with Crippen molar-refractivity contribution in [3.63, 3.8) is 0 Å². The molecule has 0 N–H and O–H groups in total. The van der Waals surface area contributed by atoms with E-state index in [-0.39, 0.29) is 23.7 Å². The van der Waals surface area contributed by atoms with E-state index in [0.717, 1.165) is 37.6 Å². The van der Waals surface area contributed by atoms with Crippen LogP contribution in [0.2, 0.25) is 0 Å². The topological polar surface area (TPSA) is 198 Å². The maximum absolute atomic E-state index is 13.0. The van der Waals surface area contributed by atoms with Gasteiger partial charge in [0.05, 0.1) is 26.1 Å². The maximum Gasteiger partial charge on any atom is 0.314 e. The molecule has 16 heteroatoms. The number of hydrogen-bond acceptors (Lipinski definition) is 16. The van der Waals surface area contributed by atoms with Gasteiger partial charge in [-0.15, -0.1) is 0 Å². The highest BCUT2D eigenvalue weighted by atomic mass is 16.6. The van der Waals surface area contributed by atoms with Crippen LogP contribution in [0.25, 0.3) is 66.7 Å². The molecule has 16 nitrogen and oxygen atoms in total. The first-order chi connectivity index (χ1) is 34.9. The largest absolute Gasteiger partial charge is 0.494 e. The molecular formula is C56H58N4O12. The van der Waals surface area contributed by atoms with Crippen LogP contribution in [-0.4, -0.2) is 73.2 Å². The van der Waals surface area contributed by atoms with E-state index in [4.69, 9.17) is 37.7 Å². The molecular weight excluding hydrogens is 921 g/mol. The van der Waals surface area contributed by atoms with Gasteiger partial charge in [0.2, 0.25) is 0 Å². The van der Waals surface area contributed by atoms with Gasteiger partial charge >= 0.3 is 23.9 Å². The molecule has 8 rings (SSSR count). The van der Waals surface area contributed by atoms with E-state index >= 15 is 0 Å². The van der Waals surface area contributed by atoms with Crippen LogP contribution in [0.4, 0.5) is 11.4 Å². The van der Waals surface area contributed by atoms with Crippen molar-refractivity contribution in [2.45, 2.75) is 91.9 Å². The normalized spacial score (nSPS) is 11.4. The molecule has 0 spiro atoms. The minimum atomic E-state index is -0.880. The highest BCUT2D eigenvalue weighted by Gasteiger charge is 2.20. The van der Waals surface area contributed by atoms with Crippen LogP contribution in [0.15, 0.2) is 103 Å². The third-order valence-corrected chi connectivity index (χ3v) is 12.6. The first-order valence-electron chi connectivity index (χ1n) is 24.8. The monoisotopic (exact) mass is 978 g/mol. The summed E-state index contributed by atoms with van der Waals surface area (Å²) >= 11 is 0. The number of carbonyl (C=O) groups excluding carboxylic acids is 4. The van der Waals surface area contributed by atoms with E-state index in [2.05, 4.69) is 37.5 Å². The molecule has 2 aliphatic carbocycles. The number of benzene rings is 6. The van der Waals surface area contributed by atoms with Crippen molar-refractivity contribution >= 4 is 79.0 Å². The van der Waals surface area contributed by atoms with Crippen LogP contribution >= 0.6 is 0 Å². The molecule has 4 aromatic carbocycles. The molecule has 0 aromatic heterocycles. The second kappa shape index (κ2) is 23.4. The molecule has 0 saturated heterocycles. The van der Waals surface area contributed by atoms with Crippen molar-refractivity contribution in [3.8, 4) is 34.4 Å². The Morgan fingerprint density at radius 2 is 0.861 bits per heavy atom. The summed E-state index contributed by atoms with van der Waals surface area (Å²) in [6.07, 6.45) is 2.54. The summed E-state index contributed by atoms with van der Waals surface area (Å²) < 4.78 is 34.1. The minimum Gasteiger partial charge on any atom is -0.494 e. The number of fused-ring (bicyclic) bond motifs is 8.